The molecule has 0 spiro atoms. The molecule has 3 aliphatic heterocycles. The molecule has 9 atom stereocenters. The van der Waals surface area contributed by atoms with E-state index in [9.17, 15) is 19.2 Å². The first-order valence-corrected chi connectivity index (χ1v) is 32.4. The highest BCUT2D eigenvalue weighted by Gasteiger charge is 2.60. The van der Waals surface area contributed by atoms with Crippen LogP contribution in [-0.2, 0) is 48.1 Å². The molecule has 3 aromatic rings. The van der Waals surface area contributed by atoms with Crippen molar-refractivity contribution in [2.75, 3.05) is 32.1 Å². The van der Waals surface area contributed by atoms with Crippen molar-refractivity contribution in [3.8, 4) is 11.1 Å². The highest BCUT2D eigenvalue weighted by atomic mass is 28.4. The molecule has 82 heavy (non-hydrogen) atoms. The van der Waals surface area contributed by atoms with Crippen LogP contribution in [0, 0.1) is 23.7 Å². The number of benzene rings is 3. The molecule has 7 rings (SSSR count). The normalized spacial score (nSPS) is 21.8. The van der Waals surface area contributed by atoms with Crippen LogP contribution < -0.4 is 21.3 Å². The Morgan fingerprint density at radius 3 is 1.96 bits per heavy atom. The average molecular weight is 1150 g/mol. The highest BCUT2D eigenvalue weighted by Crippen LogP contribution is 2.51. The smallest absolute Gasteiger partial charge is 0.407 e. The molecule has 0 radical (unpaired) electrons. The lowest BCUT2D eigenvalue weighted by atomic mass is 9.80. The second-order valence-corrected chi connectivity index (χ2v) is 31.0. The molecule has 18 heteroatoms. The summed E-state index contributed by atoms with van der Waals surface area (Å²) >= 11 is 0. The topological polar surface area (TPSA) is 205 Å². The number of esters is 1. The van der Waals surface area contributed by atoms with E-state index < -0.39 is 122 Å². The first-order chi connectivity index (χ1) is 38.5. The van der Waals surface area contributed by atoms with Crippen molar-refractivity contribution in [1.29, 1.82) is 0 Å². The van der Waals surface area contributed by atoms with Crippen molar-refractivity contribution in [2.45, 2.75) is 187 Å². The lowest BCUT2D eigenvalue weighted by molar-refractivity contribution is -0.155. The number of carbonyl (C=O) groups excluding carboxylic acids is 7. The molecule has 3 aromatic carbocycles. The van der Waals surface area contributed by atoms with E-state index in [1.54, 1.807) is 7.05 Å². The number of likely N-dealkylation sites (N-methyl/N-ethyl adjacent to an activating group) is 1. The largest absolute Gasteiger partial charge is 0.460 e. The standard InChI is InChI=1S/C64H91N7O10Si/c1-17-32-79-60(77)51-35-64(13)47-28-22-23-29-48(47)66-61(64)71(51)58(75)53(39(6)7)67-55(72)49(33-37(2)3)65-56(73)50-34-41(81-82(15,16)63(10,11)12)30-31-70(50)59(76)54(40(8)9)69(14)57(74)52(38(4)5)68-62(78)80-36-46-44-26-20-18-24-42(44)43-25-19-21-27-45(43)46/h17-29,37-41,46,49-54,61,66H,1,30-36H2,2-16H3,(H,65,73)(H,67,72)(H,68,78)/t41-,49-,50+,51-,52+,53+,54-,61-,64-/m0/s1. The summed E-state index contributed by atoms with van der Waals surface area (Å²) in [6.45, 7) is 31.3. The van der Waals surface area contributed by atoms with E-state index in [4.69, 9.17) is 13.9 Å². The molecule has 3 heterocycles. The van der Waals surface area contributed by atoms with Crippen LogP contribution in [0.5, 0.6) is 0 Å². The summed E-state index contributed by atoms with van der Waals surface area (Å²) in [5, 5.41) is 12.2. The number of piperidine rings is 1. The molecule has 6 amide bonds. The van der Waals surface area contributed by atoms with Crippen LogP contribution in [0.3, 0.4) is 0 Å². The minimum Gasteiger partial charge on any atom is -0.460 e. The quantitative estimate of drug-likeness (QED) is 0.0450. The number of nitrogens with zero attached hydrogens (tertiary/aromatic N) is 3. The minimum absolute atomic E-state index is 0.0361. The van der Waals surface area contributed by atoms with Crippen molar-refractivity contribution in [1.82, 2.24) is 30.7 Å². The van der Waals surface area contributed by atoms with Crippen molar-refractivity contribution < 1.29 is 47.5 Å². The summed E-state index contributed by atoms with van der Waals surface area (Å²) < 4.78 is 18.4. The fraction of sp³-hybridized carbons (Fsp3) is 0.578. The number of nitrogens with one attached hydrogen (secondary N) is 4. The van der Waals surface area contributed by atoms with Crippen molar-refractivity contribution in [3.05, 3.63) is 102 Å². The Balaban J connectivity index is 1.12. The van der Waals surface area contributed by atoms with Crippen molar-refractivity contribution in [3.63, 3.8) is 0 Å². The number of alkyl carbamates (subject to hydrolysis) is 1. The van der Waals surface area contributed by atoms with Gasteiger partial charge in [0.05, 0.1) is 0 Å². The predicted octanol–water partition coefficient (Wildman–Crippen LogP) is 9.13. The molecule has 0 bridgehead atoms. The molecule has 446 valence electrons. The molecule has 0 saturated carbocycles. The molecule has 2 saturated heterocycles. The third-order valence-corrected chi connectivity index (χ3v) is 22.3. The molecule has 1 aliphatic carbocycles. The SMILES string of the molecule is C=CCOC(=O)[C@@H]1C[C@@]2(C)c3ccccc3N[C@H]2N1C(=O)[C@H](NC(=O)[C@H](CC(C)C)NC(=O)[C@H]1C[C@@H](O[Si](C)(C)C(C)(C)C)CCN1C(=O)[C@H](C(C)C)N(C)C(=O)[C@H](NC(=O)OCC1c2ccccc2-c2ccccc21)C(C)C)C(C)C. The summed E-state index contributed by atoms with van der Waals surface area (Å²) in [6.07, 6.45) is 0.705. The molecule has 17 nitrogen and oxygen atoms in total. The van der Waals surface area contributed by atoms with E-state index >= 15 is 14.4 Å². The number of fused-ring (bicyclic) bond motifs is 6. The highest BCUT2D eigenvalue weighted by molar-refractivity contribution is 6.74. The van der Waals surface area contributed by atoms with E-state index in [2.05, 4.69) is 73.8 Å². The molecule has 4 aliphatic rings. The number of hydrogen-bond acceptors (Lipinski definition) is 11. The Morgan fingerprint density at radius 2 is 1.39 bits per heavy atom. The van der Waals surface area contributed by atoms with Gasteiger partial charge in [0.1, 0.15) is 55.6 Å². The first-order valence-electron chi connectivity index (χ1n) is 29.5. The molecule has 2 fully saturated rings. The van der Waals surface area contributed by atoms with Gasteiger partial charge in [-0.05, 0) is 95.0 Å². The van der Waals surface area contributed by atoms with Crippen LogP contribution in [0.15, 0.2) is 85.5 Å². The van der Waals surface area contributed by atoms with E-state index in [0.29, 0.717) is 6.42 Å². The van der Waals surface area contributed by atoms with Gasteiger partial charge >= 0.3 is 12.1 Å². The fourth-order valence-corrected chi connectivity index (χ4v) is 13.7. The van der Waals surface area contributed by atoms with Crippen LogP contribution in [0.4, 0.5) is 10.5 Å². The number of hydrogen-bond donors (Lipinski definition) is 4. The molecular formula is C64H91N7O10Si. The van der Waals surface area contributed by atoms with Gasteiger partial charge in [-0.25, -0.2) is 9.59 Å². The summed E-state index contributed by atoms with van der Waals surface area (Å²) in [5.41, 5.74) is 5.44. The Hall–Kier alpha value is -6.53. The Kier molecular flexibility index (Phi) is 19.6. The van der Waals surface area contributed by atoms with Crippen LogP contribution >= 0.6 is 0 Å². The molecule has 0 aromatic heterocycles. The van der Waals surface area contributed by atoms with Crippen LogP contribution in [0.25, 0.3) is 11.1 Å². The zero-order chi connectivity index (χ0) is 60.3. The zero-order valence-corrected chi connectivity index (χ0v) is 52.1. The summed E-state index contributed by atoms with van der Waals surface area (Å²) in [6, 6.07) is 17.4. The van der Waals surface area contributed by atoms with E-state index in [1.807, 2.05) is 123 Å². The number of rotatable bonds is 21. The maximum Gasteiger partial charge on any atom is 0.407 e. The second kappa shape index (κ2) is 25.5. The predicted molar refractivity (Wildman–Crippen MR) is 321 cm³/mol. The van der Waals surface area contributed by atoms with Crippen molar-refractivity contribution >= 4 is 55.6 Å². The maximum absolute atomic E-state index is 15.4. The summed E-state index contributed by atoms with van der Waals surface area (Å²) in [5.74, 6) is -4.78. The van der Waals surface area contributed by atoms with Gasteiger partial charge in [-0.3, -0.25) is 24.0 Å². The van der Waals surface area contributed by atoms with E-state index in [0.717, 1.165) is 33.5 Å². The number of para-hydroxylation sites is 1. The average Bonchev–Trinajstić information content (AvgIpc) is 3.75. The Morgan fingerprint density at radius 1 is 0.793 bits per heavy atom. The lowest BCUT2D eigenvalue weighted by Crippen LogP contribution is -2.64. The van der Waals surface area contributed by atoms with Gasteiger partial charge in [-0.2, -0.15) is 0 Å². The number of anilines is 1. The third-order valence-electron chi connectivity index (χ3n) is 17.7. The number of ether oxygens (including phenoxy) is 2. The summed E-state index contributed by atoms with van der Waals surface area (Å²) in [7, 11) is -0.855. The Bertz CT molecular complexity index is 2820. The molecular weight excluding hydrogens is 1050 g/mol. The van der Waals surface area contributed by atoms with Gasteiger partial charge < -0.3 is 49.9 Å². The fourth-order valence-electron chi connectivity index (χ4n) is 12.3. The van der Waals surface area contributed by atoms with Gasteiger partial charge in [0.25, 0.3) is 0 Å². The van der Waals surface area contributed by atoms with E-state index in [1.165, 1.54) is 20.8 Å². The zero-order valence-electron chi connectivity index (χ0n) is 51.1. The van der Waals surface area contributed by atoms with Gasteiger partial charge in [-0.1, -0.05) is 162 Å². The van der Waals surface area contributed by atoms with Crippen LogP contribution in [0.1, 0.15) is 131 Å². The number of likely N-dealkylation sites (tertiary alicyclic amines) is 2. The lowest BCUT2D eigenvalue weighted by Gasteiger charge is -2.46. The monoisotopic (exact) mass is 1150 g/mol. The first kappa shape index (κ1) is 63.1. The molecule has 0 unspecified atom stereocenters. The number of amides is 6. The summed E-state index contributed by atoms with van der Waals surface area (Å²) in [4.78, 5) is 107. The van der Waals surface area contributed by atoms with Gasteiger partial charge in [0, 0.05) is 43.1 Å². The second-order valence-electron chi connectivity index (χ2n) is 26.2. The van der Waals surface area contributed by atoms with Gasteiger partial charge in [0.2, 0.25) is 29.5 Å². The van der Waals surface area contributed by atoms with Crippen molar-refractivity contribution in [2.24, 2.45) is 23.7 Å². The van der Waals surface area contributed by atoms with Crippen LogP contribution in [0.2, 0.25) is 18.1 Å². The minimum atomic E-state index is -2.40. The van der Waals surface area contributed by atoms with Crippen LogP contribution in [-0.4, -0.2) is 140 Å². The molecule has 4 N–H and O–H groups in total. The van der Waals surface area contributed by atoms with Gasteiger partial charge in [-0.15, -0.1) is 0 Å². The Labute approximate surface area is 487 Å². The van der Waals surface area contributed by atoms with E-state index in [-0.39, 0.29) is 55.9 Å². The third kappa shape index (κ3) is 13.1. The van der Waals surface area contributed by atoms with Gasteiger partial charge in [0.15, 0.2) is 8.32 Å². The maximum atomic E-state index is 15.4. The number of carbonyl (C=O) groups is 7.